The molecule has 1 amide bonds. The standard InChI is InChI=1S/C22H20N2O4/c1-14-7-9-15(10-8-14)18-13-20(28-23-18)21(25)24-12-11-17(22(26)27-2)16-5-3-4-6-19(16)24/h3-10,13,17H,11-12H2,1-2H3/t17-/m1/s1. The van der Waals surface area contributed by atoms with Crippen LogP contribution in [-0.2, 0) is 9.53 Å². The molecule has 1 aliphatic rings. The number of benzene rings is 2. The Labute approximate surface area is 162 Å². The average molecular weight is 376 g/mol. The van der Waals surface area contributed by atoms with Crippen LogP contribution in [0.15, 0.2) is 59.1 Å². The van der Waals surface area contributed by atoms with Crippen LogP contribution in [0.5, 0.6) is 0 Å². The molecule has 4 rings (SSSR count). The Morgan fingerprint density at radius 1 is 1.14 bits per heavy atom. The molecule has 1 aromatic heterocycles. The monoisotopic (exact) mass is 376 g/mol. The third kappa shape index (κ3) is 3.17. The van der Waals surface area contributed by atoms with Crippen LogP contribution >= 0.6 is 0 Å². The minimum absolute atomic E-state index is 0.168. The molecule has 1 aliphatic heterocycles. The summed E-state index contributed by atoms with van der Waals surface area (Å²) in [4.78, 5) is 26.8. The zero-order chi connectivity index (χ0) is 19.7. The van der Waals surface area contributed by atoms with E-state index in [1.807, 2.05) is 55.5 Å². The summed E-state index contributed by atoms with van der Waals surface area (Å²) in [6, 6.07) is 16.9. The Kier molecular flexibility index (Phi) is 4.69. The van der Waals surface area contributed by atoms with Gasteiger partial charge in [-0.1, -0.05) is 53.2 Å². The third-order valence-corrected chi connectivity index (χ3v) is 5.04. The van der Waals surface area contributed by atoms with Gasteiger partial charge in [0.25, 0.3) is 5.91 Å². The van der Waals surface area contributed by atoms with Gasteiger partial charge >= 0.3 is 5.97 Å². The van der Waals surface area contributed by atoms with Gasteiger partial charge in [-0.25, -0.2) is 0 Å². The van der Waals surface area contributed by atoms with Gasteiger partial charge in [-0.3, -0.25) is 9.59 Å². The molecular formula is C22H20N2O4. The number of para-hydroxylation sites is 1. The summed E-state index contributed by atoms with van der Waals surface area (Å²) in [6.07, 6.45) is 0.494. The number of methoxy groups -OCH3 is 1. The summed E-state index contributed by atoms with van der Waals surface area (Å²) in [7, 11) is 1.38. The van der Waals surface area contributed by atoms with Crippen molar-refractivity contribution in [3.05, 3.63) is 71.5 Å². The fourth-order valence-corrected chi connectivity index (χ4v) is 3.53. The van der Waals surface area contributed by atoms with Crippen molar-refractivity contribution in [1.82, 2.24) is 5.16 Å². The minimum atomic E-state index is -0.372. The lowest BCUT2D eigenvalue weighted by molar-refractivity contribution is -0.142. The number of carbonyl (C=O) groups is 2. The molecule has 3 aromatic rings. The van der Waals surface area contributed by atoms with Crippen LogP contribution in [-0.4, -0.2) is 30.7 Å². The van der Waals surface area contributed by atoms with E-state index in [-0.39, 0.29) is 23.6 Å². The lowest BCUT2D eigenvalue weighted by atomic mass is 9.90. The van der Waals surface area contributed by atoms with Gasteiger partial charge in [0, 0.05) is 23.9 Å². The van der Waals surface area contributed by atoms with Crippen LogP contribution in [0, 0.1) is 6.92 Å². The number of amides is 1. The van der Waals surface area contributed by atoms with Crippen molar-refractivity contribution in [2.45, 2.75) is 19.3 Å². The van der Waals surface area contributed by atoms with E-state index in [4.69, 9.17) is 9.26 Å². The van der Waals surface area contributed by atoms with Crippen LogP contribution in [0.25, 0.3) is 11.3 Å². The highest BCUT2D eigenvalue weighted by Crippen LogP contribution is 2.36. The van der Waals surface area contributed by atoms with Gasteiger partial charge in [0.05, 0.1) is 13.0 Å². The number of aryl methyl sites for hydroxylation is 1. The van der Waals surface area contributed by atoms with Gasteiger partial charge < -0.3 is 14.2 Å². The van der Waals surface area contributed by atoms with E-state index < -0.39 is 0 Å². The van der Waals surface area contributed by atoms with E-state index in [1.165, 1.54) is 7.11 Å². The lowest BCUT2D eigenvalue weighted by Crippen LogP contribution is -2.38. The van der Waals surface area contributed by atoms with Crippen LogP contribution in [0.4, 0.5) is 5.69 Å². The van der Waals surface area contributed by atoms with Crippen molar-refractivity contribution < 1.29 is 18.8 Å². The second-order valence-corrected chi connectivity index (χ2v) is 6.82. The summed E-state index contributed by atoms with van der Waals surface area (Å²) < 4.78 is 10.3. The van der Waals surface area contributed by atoms with Crippen LogP contribution in [0.2, 0.25) is 0 Å². The summed E-state index contributed by atoms with van der Waals surface area (Å²) in [5.41, 5.74) is 4.13. The van der Waals surface area contributed by atoms with Crippen molar-refractivity contribution in [3.8, 4) is 11.3 Å². The van der Waals surface area contributed by atoms with E-state index in [2.05, 4.69) is 5.16 Å². The maximum absolute atomic E-state index is 13.1. The van der Waals surface area contributed by atoms with E-state index in [0.29, 0.717) is 24.3 Å². The Balaban J connectivity index is 1.63. The number of fused-ring (bicyclic) bond motifs is 1. The van der Waals surface area contributed by atoms with Gasteiger partial charge in [0.1, 0.15) is 5.69 Å². The first-order chi connectivity index (χ1) is 13.6. The second-order valence-electron chi connectivity index (χ2n) is 6.82. The highest BCUT2D eigenvalue weighted by molar-refractivity contribution is 6.06. The fraction of sp³-hybridized carbons (Fsp3) is 0.227. The van der Waals surface area contributed by atoms with Crippen LogP contribution in [0.3, 0.4) is 0 Å². The zero-order valence-electron chi connectivity index (χ0n) is 15.7. The smallest absolute Gasteiger partial charge is 0.313 e. The summed E-state index contributed by atoms with van der Waals surface area (Å²) >= 11 is 0. The van der Waals surface area contributed by atoms with E-state index in [1.54, 1.807) is 11.0 Å². The molecular weight excluding hydrogens is 356 g/mol. The number of carbonyl (C=O) groups excluding carboxylic acids is 2. The number of ether oxygens (including phenoxy) is 1. The number of aromatic nitrogens is 1. The molecule has 1 atom stereocenters. The molecule has 2 heterocycles. The molecule has 6 heteroatoms. The molecule has 0 saturated heterocycles. The molecule has 0 N–H and O–H groups in total. The van der Waals surface area contributed by atoms with Crippen molar-refractivity contribution in [2.24, 2.45) is 0 Å². The van der Waals surface area contributed by atoms with E-state index >= 15 is 0 Å². The third-order valence-electron chi connectivity index (χ3n) is 5.04. The van der Waals surface area contributed by atoms with Crippen molar-refractivity contribution in [1.29, 1.82) is 0 Å². The van der Waals surface area contributed by atoms with E-state index in [0.717, 1.165) is 16.7 Å². The van der Waals surface area contributed by atoms with Crippen molar-refractivity contribution >= 4 is 17.6 Å². The molecule has 0 bridgehead atoms. The molecule has 0 radical (unpaired) electrons. The first-order valence-corrected chi connectivity index (χ1v) is 9.11. The minimum Gasteiger partial charge on any atom is -0.469 e. The maximum Gasteiger partial charge on any atom is 0.313 e. The van der Waals surface area contributed by atoms with E-state index in [9.17, 15) is 9.59 Å². The molecule has 0 saturated carbocycles. The van der Waals surface area contributed by atoms with Gasteiger partial charge in [-0.05, 0) is 25.0 Å². The largest absolute Gasteiger partial charge is 0.469 e. The predicted octanol–water partition coefficient (Wildman–Crippen LogP) is 3.96. The maximum atomic E-state index is 13.1. The SMILES string of the molecule is COC(=O)[C@@H]1CCN(C(=O)c2cc(-c3ccc(C)cc3)no2)c2ccccc21. The molecule has 2 aromatic carbocycles. The number of rotatable bonds is 3. The molecule has 28 heavy (non-hydrogen) atoms. The van der Waals surface area contributed by atoms with Crippen molar-refractivity contribution in [3.63, 3.8) is 0 Å². The average Bonchev–Trinajstić information content (AvgIpc) is 3.22. The number of esters is 1. The highest BCUT2D eigenvalue weighted by atomic mass is 16.5. The number of hydrogen-bond donors (Lipinski definition) is 0. The molecule has 142 valence electrons. The van der Waals surface area contributed by atoms with Crippen LogP contribution in [0.1, 0.15) is 34.0 Å². The van der Waals surface area contributed by atoms with Gasteiger partial charge in [-0.15, -0.1) is 0 Å². The van der Waals surface area contributed by atoms with Gasteiger partial charge in [-0.2, -0.15) is 0 Å². The predicted molar refractivity (Wildman–Crippen MR) is 104 cm³/mol. The topological polar surface area (TPSA) is 72.6 Å². The molecule has 0 fully saturated rings. The quantitative estimate of drug-likeness (QED) is 0.647. The molecule has 0 spiro atoms. The fourth-order valence-electron chi connectivity index (χ4n) is 3.53. The number of nitrogens with zero attached hydrogens (tertiary/aromatic N) is 2. The van der Waals surface area contributed by atoms with Crippen LogP contribution < -0.4 is 4.90 Å². The summed E-state index contributed by atoms with van der Waals surface area (Å²) in [5.74, 6) is -0.771. The molecule has 0 unspecified atom stereocenters. The first kappa shape index (κ1) is 18.0. The Hall–Kier alpha value is -3.41. The molecule has 6 nitrogen and oxygen atoms in total. The second kappa shape index (κ2) is 7.31. The first-order valence-electron chi connectivity index (χ1n) is 9.11. The van der Waals surface area contributed by atoms with Gasteiger partial charge in [0.2, 0.25) is 5.76 Å². The normalized spacial score (nSPS) is 15.8. The highest BCUT2D eigenvalue weighted by Gasteiger charge is 2.34. The van der Waals surface area contributed by atoms with Crippen molar-refractivity contribution in [2.75, 3.05) is 18.6 Å². The Bertz CT molecular complexity index is 1020. The Morgan fingerprint density at radius 3 is 2.64 bits per heavy atom. The molecule has 0 aliphatic carbocycles. The zero-order valence-corrected chi connectivity index (χ0v) is 15.7. The Morgan fingerprint density at radius 2 is 1.89 bits per heavy atom. The van der Waals surface area contributed by atoms with Gasteiger partial charge in [0.15, 0.2) is 0 Å². The lowest BCUT2D eigenvalue weighted by Gasteiger charge is -2.32. The number of hydrogen-bond acceptors (Lipinski definition) is 5. The number of anilines is 1. The summed E-state index contributed by atoms with van der Waals surface area (Å²) in [6.45, 7) is 2.41. The summed E-state index contributed by atoms with van der Waals surface area (Å²) in [5, 5.41) is 4.05.